The maximum atomic E-state index is 11.6. The number of nitrogens with one attached hydrogen (secondary N) is 1. The van der Waals surface area contributed by atoms with Crippen molar-refractivity contribution in [3.63, 3.8) is 0 Å². The van der Waals surface area contributed by atoms with Gasteiger partial charge >= 0.3 is 0 Å². The zero-order valence-corrected chi connectivity index (χ0v) is 10.8. The van der Waals surface area contributed by atoms with Crippen LogP contribution in [0.1, 0.15) is 40.0 Å². The maximum Gasteiger partial charge on any atom is 0.232 e. The highest BCUT2D eigenvalue weighted by atomic mass is 32.2. The largest absolute Gasteiger partial charge is 0.396 e. The zero-order chi connectivity index (χ0) is 11.7. The minimum atomic E-state index is -0.0246. The molecule has 2 atom stereocenters. The second-order valence-electron chi connectivity index (χ2n) is 3.75. The number of aliphatic hydroxyl groups excluding tert-OH is 1. The number of hydrogen-bond acceptors (Lipinski definition) is 3. The fourth-order valence-electron chi connectivity index (χ4n) is 1.19. The van der Waals surface area contributed by atoms with Gasteiger partial charge in [-0.2, -0.15) is 0 Å². The van der Waals surface area contributed by atoms with Crippen molar-refractivity contribution in [1.29, 1.82) is 0 Å². The highest BCUT2D eigenvalue weighted by molar-refractivity contribution is 8.01. The third-order valence-corrected chi connectivity index (χ3v) is 3.49. The molecule has 0 radical (unpaired) electrons. The number of unbranched alkanes of at least 4 members (excludes halogenated alkanes) is 1. The molecule has 0 saturated heterocycles. The summed E-state index contributed by atoms with van der Waals surface area (Å²) in [7, 11) is 0. The molecule has 0 aliphatic heterocycles. The van der Waals surface area contributed by atoms with E-state index in [-0.39, 0.29) is 17.8 Å². The number of carbonyl (C=O) groups excluding carboxylic acids is 1. The third-order valence-electron chi connectivity index (χ3n) is 2.17. The quantitative estimate of drug-likeness (QED) is 0.628. The molecule has 0 spiro atoms. The van der Waals surface area contributed by atoms with Gasteiger partial charge in [0.15, 0.2) is 0 Å². The molecule has 0 aliphatic rings. The van der Waals surface area contributed by atoms with Gasteiger partial charge in [-0.1, -0.05) is 20.3 Å². The van der Waals surface area contributed by atoms with Crippen LogP contribution in [0.3, 0.4) is 0 Å². The van der Waals surface area contributed by atoms with E-state index in [4.69, 9.17) is 5.11 Å². The minimum absolute atomic E-state index is 0.0246. The first-order chi connectivity index (χ1) is 7.11. The standard InChI is InChI=1S/C11H23NO2S/c1-4-5-7-12-11(14)10(3)15-9(2)6-8-13/h9-10,13H,4-8H2,1-3H3,(H,12,14). The van der Waals surface area contributed by atoms with Crippen LogP contribution in [-0.4, -0.2) is 34.7 Å². The van der Waals surface area contributed by atoms with E-state index in [9.17, 15) is 4.79 Å². The summed E-state index contributed by atoms with van der Waals surface area (Å²) in [6, 6.07) is 0. The van der Waals surface area contributed by atoms with Crippen LogP contribution in [0.5, 0.6) is 0 Å². The monoisotopic (exact) mass is 233 g/mol. The van der Waals surface area contributed by atoms with Gasteiger partial charge < -0.3 is 10.4 Å². The van der Waals surface area contributed by atoms with Crippen molar-refractivity contribution in [2.24, 2.45) is 0 Å². The van der Waals surface area contributed by atoms with E-state index in [0.717, 1.165) is 25.8 Å². The SMILES string of the molecule is CCCCNC(=O)C(C)SC(C)CCO. The highest BCUT2D eigenvalue weighted by Crippen LogP contribution is 2.19. The molecule has 0 bridgehead atoms. The fraction of sp³-hybridized carbons (Fsp3) is 0.909. The van der Waals surface area contributed by atoms with E-state index in [1.165, 1.54) is 0 Å². The summed E-state index contributed by atoms with van der Waals surface area (Å²) in [5.41, 5.74) is 0. The molecule has 4 heteroatoms. The Labute approximate surface area is 97.0 Å². The zero-order valence-electron chi connectivity index (χ0n) is 9.95. The van der Waals surface area contributed by atoms with Crippen molar-refractivity contribution < 1.29 is 9.90 Å². The molecule has 0 fully saturated rings. The Morgan fingerprint density at radius 3 is 2.67 bits per heavy atom. The van der Waals surface area contributed by atoms with Crippen LogP contribution in [0, 0.1) is 0 Å². The second kappa shape index (κ2) is 9.04. The van der Waals surface area contributed by atoms with Crippen LogP contribution < -0.4 is 5.32 Å². The molecule has 2 N–H and O–H groups in total. The van der Waals surface area contributed by atoms with Crippen molar-refractivity contribution >= 4 is 17.7 Å². The number of amides is 1. The summed E-state index contributed by atoms with van der Waals surface area (Å²) in [6.45, 7) is 7.02. The molecule has 3 nitrogen and oxygen atoms in total. The van der Waals surface area contributed by atoms with Gasteiger partial charge in [-0.3, -0.25) is 4.79 Å². The molecular weight excluding hydrogens is 210 g/mol. The minimum Gasteiger partial charge on any atom is -0.396 e. The number of aliphatic hydroxyl groups is 1. The van der Waals surface area contributed by atoms with Gasteiger partial charge in [0.2, 0.25) is 5.91 Å². The Morgan fingerprint density at radius 1 is 1.47 bits per heavy atom. The molecule has 0 aromatic rings. The summed E-state index contributed by atoms with van der Waals surface area (Å²) >= 11 is 1.62. The molecule has 0 aromatic heterocycles. The second-order valence-corrected chi connectivity index (χ2v) is 5.53. The highest BCUT2D eigenvalue weighted by Gasteiger charge is 2.15. The van der Waals surface area contributed by atoms with Gasteiger partial charge in [0.25, 0.3) is 0 Å². The van der Waals surface area contributed by atoms with E-state index in [1.54, 1.807) is 11.8 Å². The lowest BCUT2D eigenvalue weighted by molar-refractivity contribution is -0.120. The molecule has 0 aromatic carbocycles. The number of carbonyl (C=O) groups is 1. The van der Waals surface area contributed by atoms with Crippen molar-refractivity contribution in [2.45, 2.75) is 50.5 Å². The van der Waals surface area contributed by atoms with E-state index in [1.807, 2.05) is 13.8 Å². The molecule has 90 valence electrons. The van der Waals surface area contributed by atoms with E-state index in [2.05, 4.69) is 12.2 Å². The first-order valence-electron chi connectivity index (χ1n) is 5.65. The van der Waals surface area contributed by atoms with Crippen molar-refractivity contribution in [3.8, 4) is 0 Å². The molecular formula is C11H23NO2S. The van der Waals surface area contributed by atoms with Gasteiger partial charge in [-0.15, -0.1) is 11.8 Å². The van der Waals surface area contributed by atoms with Crippen LogP contribution in [0.2, 0.25) is 0 Å². The molecule has 0 rings (SSSR count). The normalized spacial score (nSPS) is 14.7. The molecule has 1 amide bonds. The number of hydrogen-bond donors (Lipinski definition) is 2. The summed E-state index contributed by atoms with van der Waals surface area (Å²) in [4.78, 5) is 11.6. The molecule has 0 heterocycles. The van der Waals surface area contributed by atoms with Gasteiger partial charge in [-0.05, 0) is 19.8 Å². The molecule has 15 heavy (non-hydrogen) atoms. The Balaban J connectivity index is 3.68. The Bertz CT molecular complexity index is 176. The van der Waals surface area contributed by atoms with Gasteiger partial charge in [0, 0.05) is 18.4 Å². The smallest absolute Gasteiger partial charge is 0.232 e. The Hall–Kier alpha value is -0.220. The van der Waals surface area contributed by atoms with E-state index < -0.39 is 0 Å². The first kappa shape index (κ1) is 14.8. The van der Waals surface area contributed by atoms with Gasteiger partial charge in [0.1, 0.15) is 0 Å². The lowest BCUT2D eigenvalue weighted by atomic mass is 10.3. The lowest BCUT2D eigenvalue weighted by Crippen LogP contribution is -2.32. The lowest BCUT2D eigenvalue weighted by Gasteiger charge is -2.16. The van der Waals surface area contributed by atoms with Crippen molar-refractivity contribution in [2.75, 3.05) is 13.2 Å². The summed E-state index contributed by atoms with van der Waals surface area (Å²) in [6.07, 6.45) is 2.88. The van der Waals surface area contributed by atoms with E-state index >= 15 is 0 Å². The van der Waals surface area contributed by atoms with Crippen molar-refractivity contribution in [1.82, 2.24) is 5.32 Å². The van der Waals surface area contributed by atoms with Crippen LogP contribution in [0.25, 0.3) is 0 Å². The summed E-state index contributed by atoms with van der Waals surface area (Å²) in [5, 5.41) is 12.0. The number of rotatable bonds is 8. The third kappa shape index (κ3) is 7.68. The summed E-state index contributed by atoms with van der Waals surface area (Å²) < 4.78 is 0. The van der Waals surface area contributed by atoms with E-state index in [0.29, 0.717) is 5.25 Å². The Kier molecular flexibility index (Phi) is 8.91. The predicted molar refractivity (Wildman–Crippen MR) is 66.1 cm³/mol. The first-order valence-corrected chi connectivity index (χ1v) is 6.60. The average Bonchev–Trinajstić information content (AvgIpc) is 2.18. The number of thioether (sulfide) groups is 1. The van der Waals surface area contributed by atoms with Crippen LogP contribution in [0.15, 0.2) is 0 Å². The van der Waals surface area contributed by atoms with Gasteiger partial charge in [-0.25, -0.2) is 0 Å². The fourth-order valence-corrected chi connectivity index (χ4v) is 2.34. The predicted octanol–water partition coefficient (Wildman–Crippen LogP) is 1.80. The Morgan fingerprint density at radius 2 is 2.13 bits per heavy atom. The topological polar surface area (TPSA) is 49.3 Å². The van der Waals surface area contributed by atoms with Crippen molar-refractivity contribution in [3.05, 3.63) is 0 Å². The summed E-state index contributed by atoms with van der Waals surface area (Å²) in [5.74, 6) is 0.109. The van der Waals surface area contributed by atoms with Gasteiger partial charge in [0.05, 0.1) is 5.25 Å². The van der Waals surface area contributed by atoms with Crippen LogP contribution in [-0.2, 0) is 4.79 Å². The van der Waals surface area contributed by atoms with Crippen LogP contribution >= 0.6 is 11.8 Å². The molecule has 2 unspecified atom stereocenters. The average molecular weight is 233 g/mol. The van der Waals surface area contributed by atoms with Crippen LogP contribution in [0.4, 0.5) is 0 Å². The maximum absolute atomic E-state index is 11.6. The molecule has 0 saturated carbocycles. The molecule has 0 aliphatic carbocycles.